The number of imide groups is 1. The number of rotatable bonds is 1. The summed E-state index contributed by atoms with van der Waals surface area (Å²) in [7, 11) is 0. The number of hydrogen-bond donors (Lipinski definition) is 0. The first kappa shape index (κ1) is 21.0. The van der Waals surface area contributed by atoms with Gasteiger partial charge in [0.2, 0.25) is 11.8 Å². The van der Waals surface area contributed by atoms with E-state index >= 15 is 0 Å². The topological polar surface area (TPSA) is 75.5 Å². The lowest BCUT2D eigenvalue weighted by Gasteiger charge is -2.38. The quantitative estimate of drug-likeness (QED) is 0.383. The normalized spacial score (nSPS) is 27.7. The van der Waals surface area contributed by atoms with Crippen LogP contribution in [0.4, 0.5) is 5.69 Å². The summed E-state index contributed by atoms with van der Waals surface area (Å²) in [4.78, 5) is 51.2. The summed E-state index contributed by atoms with van der Waals surface area (Å²) in [5.41, 5.74) is 2.80. The number of amides is 2. The van der Waals surface area contributed by atoms with Gasteiger partial charge in [-0.15, -0.1) is 0 Å². The van der Waals surface area contributed by atoms with Crippen LogP contribution < -0.4 is 10.5 Å². The molecule has 3 saturated heterocycles. The van der Waals surface area contributed by atoms with E-state index in [-0.39, 0.29) is 23.4 Å². The molecule has 8 rings (SSSR count). The number of anilines is 1. The second-order valence-corrected chi connectivity index (χ2v) is 10.6. The Morgan fingerprint density at radius 1 is 0.892 bits per heavy atom. The first-order valence-corrected chi connectivity index (χ1v) is 12.9. The van der Waals surface area contributed by atoms with Crippen LogP contribution in [0.25, 0.3) is 16.6 Å². The van der Waals surface area contributed by atoms with Crippen molar-refractivity contribution in [2.45, 2.75) is 31.3 Å². The Kier molecular flexibility index (Phi) is 3.99. The zero-order valence-electron chi connectivity index (χ0n) is 20.3. The molecule has 7 heteroatoms. The summed E-state index contributed by atoms with van der Waals surface area (Å²) in [6.07, 6.45) is 1.77. The Hall–Kier alpha value is -4.10. The number of carbonyl (C=O) groups excluding carboxylic acids is 2. The number of carbonyl (C=O) groups is 2. The van der Waals surface area contributed by atoms with Crippen LogP contribution >= 0.6 is 0 Å². The molecular formula is C30H24N4O3. The highest BCUT2D eigenvalue weighted by atomic mass is 16.2. The summed E-state index contributed by atoms with van der Waals surface area (Å²) in [6.45, 7) is 2.73. The minimum atomic E-state index is -0.974. The molecule has 4 atom stereocenters. The minimum Gasteiger partial charge on any atom is -0.283 e. The molecule has 1 spiro atoms. The average Bonchev–Trinajstić information content (AvgIpc) is 3.62. The van der Waals surface area contributed by atoms with E-state index in [9.17, 15) is 14.4 Å². The predicted molar refractivity (Wildman–Crippen MR) is 138 cm³/mol. The number of hydrogen-bond acceptors (Lipinski definition) is 5. The highest BCUT2D eigenvalue weighted by Crippen LogP contribution is 2.62. The molecule has 182 valence electrons. The second-order valence-electron chi connectivity index (χ2n) is 10.6. The molecule has 0 radical (unpaired) electrons. The molecule has 2 amide bonds. The highest BCUT2D eigenvalue weighted by molar-refractivity contribution is 6.23. The first-order valence-electron chi connectivity index (χ1n) is 12.9. The van der Waals surface area contributed by atoms with E-state index in [0.717, 1.165) is 36.2 Å². The maximum absolute atomic E-state index is 14.4. The number of benzene rings is 3. The average molecular weight is 489 g/mol. The molecule has 0 N–H and O–H groups in total. The highest BCUT2D eigenvalue weighted by Gasteiger charge is 2.73. The van der Waals surface area contributed by atoms with Gasteiger partial charge in [0.1, 0.15) is 11.4 Å². The fraction of sp³-hybridized carbons (Fsp3) is 0.267. The van der Waals surface area contributed by atoms with E-state index in [1.54, 1.807) is 10.6 Å². The molecular weight excluding hydrogens is 464 g/mol. The number of fused-ring (bicyclic) bond motifs is 11. The summed E-state index contributed by atoms with van der Waals surface area (Å²) in [5.74, 6) is -0.942. The van der Waals surface area contributed by atoms with Crippen LogP contribution in [-0.4, -0.2) is 38.9 Å². The lowest BCUT2D eigenvalue weighted by molar-refractivity contribution is -0.124. The Balaban J connectivity index is 1.45. The molecule has 37 heavy (non-hydrogen) atoms. The van der Waals surface area contributed by atoms with Crippen molar-refractivity contribution in [1.82, 2.24) is 14.5 Å². The van der Waals surface area contributed by atoms with Crippen molar-refractivity contribution in [2.24, 2.45) is 11.8 Å². The van der Waals surface area contributed by atoms with Crippen molar-refractivity contribution in [3.63, 3.8) is 0 Å². The molecule has 3 fully saturated rings. The molecule has 1 aromatic heterocycles. The van der Waals surface area contributed by atoms with Crippen molar-refractivity contribution in [3.05, 3.63) is 100 Å². The summed E-state index contributed by atoms with van der Waals surface area (Å²) < 4.78 is 1.70. The summed E-state index contributed by atoms with van der Waals surface area (Å²) in [5, 5.41) is 0.542. The standard InChI is InChI=1S/C30H24N4O3/c1-17-12-14-18(15-13-17)33-27(36)24-23-11-6-16-32(23)30(25(24)28(33)37)20-8-3-5-10-22(20)34-26(35)19-7-2-4-9-21(19)31-29(30)34/h2-5,7-10,12-15,23-25H,6,11,16H2,1H3/t23-,24+,25-,30+/m1/s1. The van der Waals surface area contributed by atoms with E-state index in [1.165, 1.54) is 4.90 Å². The van der Waals surface area contributed by atoms with Gasteiger partial charge in [-0.05, 0) is 56.6 Å². The van der Waals surface area contributed by atoms with E-state index in [4.69, 9.17) is 4.98 Å². The Bertz CT molecular complexity index is 1730. The fourth-order valence-electron chi connectivity index (χ4n) is 7.56. The summed E-state index contributed by atoms with van der Waals surface area (Å²) in [6, 6.07) is 22.6. The zero-order chi connectivity index (χ0) is 25.1. The molecule has 3 aromatic carbocycles. The van der Waals surface area contributed by atoms with E-state index < -0.39 is 17.4 Å². The molecule has 4 aliphatic heterocycles. The van der Waals surface area contributed by atoms with Gasteiger partial charge in [0.15, 0.2) is 0 Å². The largest absolute Gasteiger partial charge is 0.283 e. The fourth-order valence-corrected chi connectivity index (χ4v) is 7.56. The van der Waals surface area contributed by atoms with Gasteiger partial charge in [-0.25, -0.2) is 9.88 Å². The maximum atomic E-state index is 14.4. The Labute approximate surface area is 213 Å². The minimum absolute atomic E-state index is 0.0834. The van der Waals surface area contributed by atoms with Crippen LogP contribution in [0.3, 0.4) is 0 Å². The molecule has 5 heterocycles. The number of para-hydroxylation sites is 2. The van der Waals surface area contributed by atoms with Gasteiger partial charge in [-0.1, -0.05) is 48.0 Å². The van der Waals surface area contributed by atoms with Gasteiger partial charge in [-0.2, -0.15) is 0 Å². The molecule has 4 aliphatic rings. The van der Waals surface area contributed by atoms with Crippen molar-refractivity contribution in [1.29, 1.82) is 0 Å². The number of aromatic nitrogens is 2. The third kappa shape index (κ3) is 2.36. The van der Waals surface area contributed by atoms with Gasteiger partial charge in [-0.3, -0.25) is 23.9 Å². The first-order chi connectivity index (χ1) is 18.0. The SMILES string of the molecule is Cc1ccc(N2C(=O)[C@H]3[C@H]4CCCN4[C@@]4(c5ccccc5-n5c4nc4ccccc4c5=O)[C@H]3C2=O)cc1. The predicted octanol–water partition coefficient (Wildman–Crippen LogP) is 3.53. The molecule has 0 aliphatic carbocycles. The molecule has 4 aromatic rings. The van der Waals surface area contributed by atoms with Gasteiger partial charge in [0.25, 0.3) is 5.56 Å². The van der Waals surface area contributed by atoms with Crippen molar-refractivity contribution >= 4 is 28.4 Å². The number of aryl methyl sites for hydroxylation is 1. The van der Waals surface area contributed by atoms with Gasteiger partial charge < -0.3 is 0 Å². The van der Waals surface area contributed by atoms with Crippen LogP contribution in [0.5, 0.6) is 0 Å². The lowest BCUT2D eigenvalue weighted by Crippen LogP contribution is -2.51. The molecule has 0 unspecified atom stereocenters. The van der Waals surface area contributed by atoms with E-state index in [2.05, 4.69) is 4.90 Å². The van der Waals surface area contributed by atoms with Crippen molar-refractivity contribution < 1.29 is 9.59 Å². The van der Waals surface area contributed by atoms with Gasteiger partial charge in [0, 0.05) is 11.6 Å². The van der Waals surface area contributed by atoms with Gasteiger partial charge >= 0.3 is 0 Å². The zero-order valence-corrected chi connectivity index (χ0v) is 20.3. The van der Waals surface area contributed by atoms with Crippen LogP contribution in [0, 0.1) is 18.8 Å². The molecule has 7 nitrogen and oxygen atoms in total. The monoisotopic (exact) mass is 488 g/mol. The Morgan fingerprint density at radius 2 is 1.65 bits per heavy atom. The van der Waals surface area contributed by atoms with Gasteiger partial charge in [0.05, 0.1) is 34.1 Å². The van der Waals surface area contributed by atoms with E-state index in [1.807, 2.05) is 73.7 Å². The molecule has 0 saturated carbocycles. The van der Waals surface area contributed by atoms with Crippen LogP contribution in [0.2, 0.25) is 0 Å². The van der Waals surface area contributed by atoms with E-state index in [0.29, 0.717) is 22.4 Å². The van der Waals surface area contributed by atoms with Crippen LogP contribution in [0.15, 0.2) is 77.6 Å². The van der Waals surface area contributed by atoms with Crippen LogP contribution in [0.1, 0.15) is 29.8 Å². The van der Waals surface area contributed by atoms with Crippen molar-refractivity contribution in [2.75, 3.05) is 11.4 Å². The number of nitrogens with zero attached hydrogens (tertiary/aromatic N) is 4. The maximum Gasteiger partial charge on any atom is 0.266 e. The molecule has 0 bridgehead atoms. The summed E-state index contributed by atoms with van der Waals surface area (Å²) >= 11 is 0. The lowest BCUT2D eigenvalue weighted by atomic mass is 9.75. The second kappa shape index (κ2) is 7.01. The smallest absolute Gasteiger partial charge is 0.266 e. The van der Waals surface area contributed by atoms with Crippen LogP contribution in [-0.2, 0) is 15.1 Å². The Morgan fingerprint density at radius 3 is 2.49 bits per heavy atom. The third-order valence-corrected chi connectivity index (χ3v) is 8.93. The van der Waals surface area contributed by atoms with Crippen molar-refractivity contribution in [3.8, 4) is 5.69 Å². The third-order valence-electron chi connectivity index (χ3n) is 8.93.